The van der Waals surface area contributed by atoms with Gasteiger partial charge in [0.25, 0.3) is 0 Å². The Morgan fingerprint density at radius 1 is 0.852 bits per heavy atom. The number of anilines is 1. The Hall–Kier alpha value is -3.81. The number of nitrogen functional groups attached to an aromatic ring is 1. The normalized spacial score (nSPS) is 10.4. The maximum Gasteiger partial charge on any atom is 0.357 e. The fourth-order valence-electron chi connectivity index (χ4n) is 2.74. The van der Waals surface area contributed by atoms with Crippen LogP contribution in [0.15, 0.2) is 42.5 Å². The molecule has 0 saturated heterocycles. The third-order valence-corrected chi connectivity index (χ3v) is 3.95. The zero-order valence-electron chi connectivity index (χ0n) is 14.6. The van der Waals surface area contributed by atoms with E-state index in [1.54, 1.807) is 24.3 Å². The van der Waals surface area contributed by atoms with E-state index in [1.165, 1.54) is 0 Å². The van der Waals surface area contributed by atoms with Gasteiger partial charge in [-0.1, -0.05) is 42.5 Å². The Kier molecular flexibility index (Phi) is 4.80. The first-order chi connectivity index (χ1) is 13.0. The number of fused-ring (bicyclic) bond motifs is 1. The number of nitrogens with two attached hydrogens (primary N) is 1. The van der Waals surface area contributed by atoms with Gasteiger partial charge < -0.3 is 15.2 Å². The van der Waals surface area contributed by atoms with Gasteiger partial charge in [0.05, 0.1) is 19.8 Å². The summed E-state index contributed by atoms with van der Waals surface area (Å²) in [6.45, 7) is 0. The lowest BCUT2D eigenvalue weighted by molar-refractivity contribution is 0.0583. The molecule has 0 fully saturated rings. The average molecular weight is 365 g/mol. The number of carbonyl (C=O) groups excluding carboxylic acids is 3. The Morgan fingerprint density at radius 3 is 2.00 bits per heavy atom. The zero-order valence-corrected chi connectivity index (χ0v) is 14.6. The summed E-state index contributed by atoms with van der Waals surface area (Å²) in [6.07, 6.45) is 0. The van der Waals surface area contributed by atoms with E-state index in [4.69, 9.17) is 5.73 Å². The highest BCUT2D eigenvalue weighted by molar-refractivity contribution is 6.22. The van der Waals surface area contributed by atoms with Crippen LogP contribution in [0.5, 0.6) is 0 Å². The van der Waals surface area contributed by atoms with E-state index >= 15 is 0 Å². The third-order valence-electron chi connectivity index (χ3n) is 3.95. The summed E-state index contributed by atoms with van der Waals surface area (Å²) in [5.41, 5.74) is 4.75. The van der Waals surface area contributed by atoms with Gasteiger partial charge >= 0.3 is 11.9 Å². The Bertz CT molecular complexity index is 1040. The minimum Gasteiger partial charge on any atom is -0.464 e. The van der Waals surface area contributed by atoms with Crippen LogP contribution in [0.4, 0.5) is 5.95 Å². The molecule has 3 rings (SSSR count). The molecule has 0 unspecified atom stereocenters. The van der Waals surface area contributed by atoms with Gasteiger partial charge in [0, 0.05) is 5.56 Å². The molecule has 27 heavy (non-hydrogen) atoms. The van der Waals surface area contributed by atoms with Crippen molar-refractivity contribution < 1.29 is 23.9 Å². The first-order valence-corrected chi connectivity index (χ1v) is 7.84. The molecule has 8 nitrogen and oxygen atoms in total. The van der Waals surface area contributed by atoms with Crippen LogP contribution in [0.3, 0.4) is 0 Å². The smallest absolute Gasteiger partial charge is 0.357 e. The van der Waals surface area contributed by atoms with E-state index in [0.29, 0.717) is 5.39 Å². The first-order valence-electron chi connectivity index (χ1n) is 7.84. The van der Waals surface area contributed by atoms with E-state index in [2.05, 4.69) is 19.4 Å². The van der Waals surface area contributed by atoms with Crippen LogP contribution >= 0.6 is 0 Å². The minimum absolute atomic E-state index is 0.275. The molecule has 0 radical (unpaired) electrons. The molecule has 1 heterocycles. The predicted molar refractivity (Wildman–Crippen MR) is 96.5 cm³/mol. The lowest BCUT2D eigenvalue weighted by Crippen LogP contribution is -2.22. The van der Waals surface area contributed by atoms with E-state index in [1.807, 2.05) is 18.2 Å². The van der Waals surface area contributed by atoms with Gasteiger partial charge in [-0.3, -0.25) is 4.79 Å². The van der Waals surface area contributed by atoms with Crippen LogP contribution in [0.2, 0.25) is 0 Å². The molecule has 136 valence electrons. The summed E-state index contributed by atoms with van der Waals surface area (Å²) in [5.74, 6) is -2.81. The van der Waals surface area contributed by atoms with E-state index < -0.39 is 29.1 Å². The van der Waals surface area contributed by atoms with Crippen LogP contribution in [0.25, 0.3) is 10.8 Å². The molecular weight excluding hydrogens is 350 g/mol. The molecule has 0 aliphatic heterocycles. The summed E-state index contributed by atoms with van der Waals surface area (Å²) in [4.78, 5) is 45.3. The van der Waals surface area contributed by atoms with Crippen molar-refractivity contribution in [3.05, 3.63) is 65.0 Å². The highest BCUT2D eigenvalue weighted by atomic mass is 16.5. The number of carbonyl (C=O) groups is 3. The van der Waals surface area contributed by atoms with Gasteiger partial charge in [0.1, 0.15) is 0 Å². The molecule has 0 aliphatic carbocycles. The maximum absolute atomic E-state index is 13.3. The third kappa shape index (κ3) is 3.20. The predicted octanol–water partition coefficient (Wildman–Crippen LogP) is 2.02. The topological polar surface area (TPSA) is 121 Å². The Balaban J connectivity index is 2.32. The molecule has 1 aromatic heterocycles. The Labute approximate surface area is 153 Å². The zero-order chi connectivity index (χ0) is 19.6. The standard InChI is InChI=1S/C19H15N3O5/c1-26-17(24)14-13(15(18(25)27-2)22-19(20)21-14)16(23)12-9-5-7-10-6-3-4-8-11(10)12/h3-9H,1-2H3,(H2,20,21,22). The molecule has 2 N–H and O–H groups in total. The molecule has 0 atom stereocenters. The molecular formula is C19H15N3O5. The number of rotatable bonds is 4. The van der Waals surface area contributed by atoms with E-state index in [-0.39, 0.29) is 17.1 Å². The molecule has 2 aromatic carbocycles. The van der Waals surface area contributed by atoms with Gasteiger partial charge in [-0.05, 0) is 10.8 Å². The van der Waals surface area contributed by atoms with Crippen molar-refractivity contribution in [3.63, 3.8) is 0 Å². The second-order valence-electron chi connectivity index (χ2n) is 5.49. The lowest BCUT2D eigenvalue weighted by Gasteiger charge is -2.12. The number of ketones is 1. The molecule has 0 bridgehead atoms. The van der Waals surface area contributed by atoms with Crippen molar-refractivity contribution in [1.82, 2.24) is 9.97 Å². The molecule has 3 aromatic rings. The fourth-order valence-corrected chi connectivity index (χ4v) is 2.74. The number of esters is 2. The number of hydrogen-bond donors (Lipinski definition) is 1. The van der Waals surface area contributed by atoms with Crippen LogP contribution in [0.1, 0.15) is 36.9 Å². The second kappa shape index (κ2) is 7.20. The summed E-state index contributed by atoms with van der Waals surface area (Å²) < 4.78 is 9.37. The average Bonchev–Trinajstić information content (AvgIpc) is 2.70. The van der Waals surface area contributed by atoms with Crippen molar-refractivity contribution in [2.75, 3.05) is 20.0 Å². The van der Waals surface area contributed by atoms with Crippen molar-refractivity contribution >= 4 is 34.4 Å². The maximum atomic E-state index is 13.3. The Morgan fingerprint density at radius 2 is 1.41 bits per heavy atom. The number of ether oxygens (including phenoxy) is 2. The van der Waals surface area contributed by atoms with Crippen molar-refractivity contribution in [2.45, 2.75) is 0 Å². The van der Waals surface area contributed by atoms with Crippen LogP contribution in [0, 0.1) is 0 Å². The molecule has 0 aliphatic rings. The SMILES string of the molecule is COC(=O)c1nc(N)nc(C(=O)OC)c1C(=O)c1cccc2ccccc12. The molecule has 0 spiro atoms. The number of nitrogens with zero attached hydrogens (tertiary/aromatic N) is 2. The largest absolute Gasteiger partial charge is 0.464 e. The van der Waals surface area contributed by atoms with Crippen molar-refractivity contribution in [1.29, 1.82) is 0 Å². The van der Waals surface area contributed by atoms with Crippen LogP contribution in [-0.2, 0) is 9.47 Å². The van der Waals surface area contributed by atoms with Gasteiger partial charge in [-0.25, -0.2) is 19.6 Å². The van der Waals surface area contributed by atoms with Gasteiger partial charge in [0.15, 0.2) is 17.2 Å². The monoisotopic (exact) mass is 365 g/mol. The molecule has 8 heteroatoms. The van der Waals surface area contributed by atoms with Crippen molar-refractivity contribution in [2.24, 2.45) is 0 Å². The van der Waals surface area contributed by atoms with Gasteiger partial charge in [0.2, 0.25) is 5.95 Å². The number of benzene rings is 2. The van der Waals surface area contributed by atoms with Crippen molar-refractivity contribution in [3.8, 4) is 0 Å². The van der Waals surface area contributed by atoms with Gasteiger partial charge in [-0.2, -0.15) is 0 Å². The lowest BCUT2D eigenvalue weighted by atomic mass is 9.95. The minimum atomic E-state index is -0.919. The van der Waals surface area contributed by atoms with E-state index in [9.17, 15) is 14.4 Å². The summed E-state index contributed by atoms with van der Waals surface area (Å²) >= 11 is 0. The molecule has 0 amide bonds. The quantitative estimate of drug-likeness (QED) is 0.550. The number of hydrogen-bond acceptors (Lipinski definition) is 8. The molecule has 0 saturated carbocycles. The fraction of sp³-hybridized carbons (Fsp3) is 0.105. The first kappa shape index (κ1) is 18.0. The van der Waals surface area contributed by atoms with Crippen LogP contribution < -0.4 is 5.73 Å². The second-order valence-corrected chi connectivity index (χ2v) is 5.49. The highest BCUT2D eigenvalue weighted by Crippen LogP contribution is 2.25. The summed E-state index contributed by atoms with van der Waals surface area (Å²) in [5, 5.41) is 1.47. The summed E-state index contributed by atoms with van der Waals surface area (Å²) in [7, 11) is 2.26. The summed E-state index contributed by atoms with van der Waals surface area (Å²) in [6, 6.07) is 12.3. The number of aromatic nitrogens is 2. The number of methoxy groups -OCH3 is 2. The van der Waals surface area contributed by atoms with Crippen LogP contribution in [-0.4, -0.2) is 41.9 Å². The highest BCUT2D eigenvalue weighted by Gasteiger charge is 2.30. The van der Waals surface area contributed by atoms with E-state index in [0.717, 1.165) is 19.6 Å². The van der Waals surface area contributed by atoms with Gasteiger partial charge in [-0.15, -0.1) is 0 Å².